The average molecular weight is 419 g/mol. The van der Waals surface area contributed by atoms with Crippen LogP contribution in [0, 0.1) is 0 Å². The molecule has 1 N–H and O–H groups in total. The van der Waals surface area contributed by atoms with Crippen molar-refractivity contribution in [1.82, 2.24) is 4.98 Å². The van der Waals surface area contributed by atoms with Crippen LogP contribution in [0.4, 0.5) is 5.13 Å². The first-order chi connectivity index (χ1) is 14.7. The predicted molar refractivity (Wildman–Crippen MR) is 121 cm³/mol. The first-order valence-corrected chi connectivity index (χ1v) is 10.6. The van der Waals surface area contributed by atoms with Crippen LogP contribution in [-0.2, 0) is 11.2 Å². The second-order valence-electron chi connectivity index (χ2n) is 6.66. The summed E-state index contributed by atoms with van der Waals surface area (Å²) in [5, 5.41) is 5.83. The lowest BCUT2D eigenvalue weighted by Crippen LogP contribution is -2.20. The minimum atomic E-state index is -0.257. The van der Waals surface area contributed by atoms with Crippen molar-refractivity contribution in [3.05, 3.63) is 83.4 Å². The molecule has 0 saturated heterocycles. The number of hydrogen-bond acceptors (Lipinski definition) is 5. The Morgan fingerprint density at radius 1 is 0.967 bits per heavy atom. The molecular weight excluding hydrogens is 396 g/mol. The second-order valence-corrected chi connectivity index (χ2v) is 7.78. The molecule has 0 unspecified atom stereocenters. The fourth-order valence-electron chi connectivity index (χ4n) is 3.22. The number of nitrogens with one attached hydrogen (secondary N) is 1. The topological polar surface area (TPSA) is 60.5 Å². The maximum Gasteiger partial charge on any atom is 0.264 e. The zero-order valence-electron chi connectivity index (χ0n) is 16.6. The summed E-state index contributed by atoms with van der Waals surface area (Å²) in [6.07, 6.45) is 2.58. The maximum atomic E-state index is 12.3. The molecule has 1 heterocycles. The van der Waals surface area contributed by atoms with Gasteiger partial charge in [0.15, 0.2) is 23.2 Å². The maximum absolute atomic E-state index is 12.3. The van der Waals surface area contributed by atoms with Gasteiger partial charge in [0.05, 0.1) is 6.61 Å². The van der Waals surface area contributed by atoms with E-state index in [1.807, 2.05) is 43.5 Å². The van der Waals surface area contributed by atoms with Gasteiger partial charge < -0.3 is 9.47 Å². The third-order valence-corrected chi connectivity index (χ3v) is 5.47. The Labute approximate surface area is 179 Å². The van der Waals surface area contributed by atoms with Crippen LogP contribution in [-0.4, -0.2) is 24.1 Å². The van der Waals surface area contributed by atoms with Gasteiger partial charge in [0.1, 0.15) is 0 Å². The monoisotopic (exact) mass is 418 g/mol. The molecule has 0 bridgehead atoms. The SMILES string of the molecule is CCOc1ccccc1OCC(=O)Nc1ncc(Cc2cccc3ccccc23)s1. The average Bonchev–Trinajstić information content (AvgIpc) is 3.20. The van der Waals surface area contributed by atoms with Gasteiger partial charge in [0.2, 0.25) is 0 Å². The summed E-state index contributed by atoms with van der Waals surface area (Å²) in [7, 11) is 0. The molecule has 1 aromatic heterocycles. The highest BCUT2D eigenvalue weighted by Crippen LogP contribution is 2.27. The zero-order chi connectivity index (χ0) is 20.8. The summed E-state index contributed by atoms with van der Waals surface area (Å²) in [6.45, 7) is 2.33. The van der Waals surface area contributed by atoms with Gasteiger partial charge in [-0.3, -0.25) is 10.1 Å². The molecule has 0 saturated carbocycles. The van der Waals surface area contributed by atoms with Crippen LogP contribution >= 0.6 is 11.3 Å². The number of nitrogens with zero attached hydrogens (tertiary/aromatic N) is 1. The summed E-state index contributed by atoms with van der Waals surface area (Å²) in [5.41, 5.74) is 1.24. The molecule has 4 rings (SSSR count). The van der Waals surface area contributed by atoms with Gasteiger partial charge in [-0.2, -0.15) is 0 Å². The number of benzene rings is 3. The minimum Gasteiger partial charge on any atom is -0.490 e. The van der Waals surface area contributed by atoms with Crippen LogP contribution in [0.5, 0.6) is 11.5 Å². The second kappa shape index (κ2) is 9.41. The van der Waals surface area contributed by atoms with E-state index in [-0.39, 0.29) is 12.5 Å². The van der Waals surface area contributed by atoms with Gasteiger partial charge >= 0.3 is 0 Å². The van der Waals surface area contributed by atoms with Crippen molar-refractivity contribution in [2.24, 2.45) is 0 Å². The highest BCUT2D eigenvalue weighted by Gasteiger charge is 2.11. The van der Waals surface area contributed by atoms with Crippen molar-refractivity contribution in [3.63, 3.8) is 0 Å². The molecule has 0 aliphatic carbocycles. The number of anilines is 1. The molecule has 0 radical (unpaired) electrons. The Kier molecular flexibility index (Phi) is 6.25. The van der Waals surface area contributed by atoms with Crippen LogP contribution < -0.4 is 14.8 Å². The predicted octanol–water partition coefficient (Wildman–Crippen LogP) is 5.30. The van der Waals surface area contributed by atoms with E-state index < -0.39 is 0 Å². The Morgan fingerprint density at radius 2 is 1.70 bits per heavy atom. The third-order valence-electron chi connectivity index (χ3n) is 4.55. The van der Waals surface area contributed by atoms with Crippen molar-refractivity contribution in [3.8, 4) is 11.5 Å². The Bertz CT molecular complexity index is 1150. The fraction of sp³-hybridized carbons (Fsp3) is 0.167. The first-order valence-electron chi connectivity index (χ1n) is 9.78. The Hall–Kier alpha value is -3.38. The number of para-hydroxylation sites is 2. The summed E-state index contributed by atoms with van der Waals surface area (Å²) >= 11 is 1.47. The smallest absolute Gasteiger partial charge is 0.264 e. The molecule has 152 valence electrons. The van der Waals surface area contributed by atoms with Crippen LogP contribution in [0.25, 0.3) is 10.8 Å². The van der Waals surface area contributed by atoms with Gasteiger partial charge in [-0.15, -0.1) is 11.3 Å². The Balaban J connectivity index is 1.37. The lowest BCUT2D eigenvalue weighted by atomic mass is 10.0. The molecule has 30 heavy (non-hydrogen) atoms. The van der Waals surface area contributed by atoms with Gasteiger partial charge in [-0.25, -0.2) is 4.98 Å². The first kappa shape index (κ1) is 19.9. The number of ether oxygens (including phenoxy) is 2. The molecule has 0 fully saturated rings. The number of amides is 1. The minimum absolute atomic E-state index is 0.109. The zero-order valence-corrected chi connectivity index (χ0v) is 17.4. The molecule has 5 nitrogen and oxygen atoms in total. The van der Waals surface area contributed by atoms with Crippen LogP contribution in [0.1, 0.15) is 17.4 Å². The molecule has 3 aromatic carbocycles. The van der Waals surface area contributed by atoms with Crippen molar-refractivity contribution < 1.29 is 14.3 Å². The van der Waals surface area contributed by atoms with E-state index in [0.717, 1.165) is 11.3 Å². The number of fused-ring (bicyclic) bond motifs is 1. The largest absolute Gasteiger partial charge is 0.490 e. The Morgan fingerprint density at radius 3 is 2.53 bits per heavy atom. The van der Waals surface area contributed by atoms with E-state index in [2.05, 4.69) is 40.6 Å². The highest BCUT2D eigenvalue weighted by molar-refractivity contribution is 7.15. The lowest BCUT2D eigenvalue weighted by molar-refractivity contribution is -0.118. The number of aromatic nitrogens is 1. The molecule has 6 heteroatoms. The summed E-state index contributed by atoms with van der Waals surface area (Å²) in [4.78, 5) is 17.7. The van der Waals surface area contributed by atoms with Crippen LogP contribution in [0.2, 0.25) is 0 Å². The van der Waals surface area contributed by atoms with Crippen molar-refractivity contribution in [2.75, 3.05) is 18.5 Å². The van der Waals surface area contributed by atoms with Gasteiger partial charge in [-0.05, 0) is 35.4 Å². The number of hydrogen-bond donors (Lipinski definition) is 1. The van der Waals surface area contributed by atoms with E-state index in [1.165, 1.54) is 27.7 Å². The van der Waals surface area contributed by atoms with E-state index >= 15 is 0 Å². The highest BCUT2D eigenvalue weighted by atomic mass is 32.1. The van der Waals surface area contributed by atoms with E-state index in [4.69, 9.17) is 9.47 Å². The number of thiazole rings is 1. The number of carbonyl (C=O) groups excluding carboxylic acids is 1. The fourth-order valence-corrected chi connectivity index (χ4v) is 4.08. The normalized spacial score (nSPS) is 10.7. The van der Waals surface area contributed by atoms with E-state index in [9.17, 15) is 4.79 Å². The van der Waals surface area contributed by atoms with Crippen LogP contribution in [0.15, 0.2) is 72.9 Å². The summed E-state index contributed by atoms with van der Waals surface area (Å²) in [6, 6.07) is 22.0. The lowest BCUT2D eigenvalue weighted by Gasteiger charge is -2.10. The molecule has 0 atom stereocenters. The third kappa shape index (κ3) is 4.78. The van der Waals surface area contributed by atoms with Crippen LogP contribution in [0.3, 0.4) is 0 Å². The molecule has 4 aromatic rings. The van der Waals surface area contributed by atoms with Crippen molar-refractivity contribution in [2.45, 2.75) is 13.3 Å². The number of rotatable bonds is 8. The van der Waals surface area contributed by atoms with Gasteiger partial charge in [0, 0.05) is 17.5 Å². The number of carbonyl (C=O) groups is 1. The molecule has 0 spiro atoms. The molecular formula is C24H22N2O3S. The quantitative estimate of drug-likeness (QED) is 0.422. The molecule has 0 aliphatic rings. The summed E-state index contributed by atoms with van der Waals surface area (Å²) in [5.74, 6) is 0.914. The van der Waals surface area contributed by atoms with Crippen molar-refractivity contribution >= 4 is 33.1 Å². The van der Waals surface area contributed by atoms with E-state index in [0.29, 0.717) is 23.2 Å². The standard InChI is InChI=1S/C24H22N2O3S/c1-2-28-21-12-5-6-13-22(21)29-16-23(27)26-24-25-15-19(30-24)14-18-10-7-9-17-8-3-4-11-20(17)18/h3-13,15H,2,14,16H2,1H3,(H,25,26,27). The summed E-state index contributed by atoms with van der Waals surface area (Å²) < 4.78 is 11.1. The van der Waals surface area contributed by atoms with E-state index in [1.54, 1.807) is 6.07 Å². The van der Waals surface area contributed by atoms with Gasteiger partial charge in [-0.1, -0.05) is 54.6 Å². The van der Waals surface area contributed by atoms with Crippen molar-refractivity contribution in [1.29, 1.82) is 0 Å². The van der Waals surface area contributed by atoms with Gasteiger partial charge in [0.25, 0.3) is 5.91 Å². The molecule has 1 amide bonds. The molecule has 0 aliphatic heterocycles.